The van der Waals surface area contributed by atoms with Gasteiger partial charge in [0.25, 0.3) is 0 Å². The van der Waals surface area contributed by atoms with E-state index in [0.29, 0.717) is 23.0 Å². The van der Waals surface area contributed by atoms with E-state index in [0.717, 1.165) is 42.4 Å². The van der Waals surface area contributed by atoms with Crippen LogP contribution < -0.4 is 0 Å². The second-order valence-corrected chi connectivity index (χ2v) is 13.1. The zero-order valence-corrected chi connectivity index (χ0v) is 26.0. The Bertz CT molecular complexity index is 2710. The Balaban J connectivity index is 1.25. The fraction of sp³-hybridized carbons (Fsp3) is 0.0714. The molecule has 0 bridgehead atoms. The van der Waals surface area contributed by atoms with Gasteiger partial charge in [-0.05, 0) is 39.4 Å². The number of thiophene rings is 1. The van der Waals surface area contributed by atoms with Crippen molar-refractivity contribution in [2.45, 2.75) is 19.3 Å². The van der Waals surface area contributed by atoms with Crippen molar-refractivity contribution in [2.24, 2.45) is 0 Å². The Labute approximate surface area is 278 Å². The summed E-state index contributed by atoms with van der Waals surface area (Å²) < 4.78 is 43.7. The van der Waals surface area contributed by atoms with Gasteiger partial charge in [0.05, 0.1) is 6.85 Å². The zero-order valence-electron chi connectivity index (χ0n) is 30.1. The summed E-state index contributed by atoms with van der Waals surface area (Å²) in [6, 6.07) is 35.3. The first-order chi connectivity index (χ1) is 24.6. The second kappa shape index (κ2) is 10.3. The van der Waals surface area contributed by atoms with Gasteiger partial charge in [-0.1, -0.05) is 147 Å². The number of aromatic nitrogens is 3. The average molecular weight is 613 g/mol. The third-order valence-corrected chi connectivity index (χ3v) is 10.2. The molecule has 2 aromatic heterocycles. The molecule has 0 saturated heterocycles. The van der Waals surface area contributed by atoms with Crippen molar-refractivity contribution in [3.63, 3.8) is 0 Å². The van der Waals surface area contributed by atoms with Crippen molar-refractivity contribution in [3.05, 3.63) is 151 Å². The molecule has 8 aromatic rings. The molecule has 3 nitrogen and oxygen atoms in total. The van der Waals surface area contributed by atoms with Gasteiger partial charge in [-0.15, -0.1) is 11.3 Å². The Morgan fingerprint density at radius 3 is 2.07 bits per heavy atom. The number of hydrogen-bond donors (Lipinski definition) is 0. The third kappa shape index (κ3) is 4.14. The van der Waals surface area contributed by atoms with Crippen LogP contribution in [0.15, 0.2) is 139 Å². The van der Waals surface area contributed by atoms with E-state index in [9.17, 15) is 0 Å². The van der Waals surface area contributed by atoms with E-state index in [2.05, 4.69) is 68.4 Å². The van der Waals surface area contributed by atoms with Gasteiger partial charge in [-0.25, -0.2) is 15.0 Å². The highest BCUT2D eigenvalue weighted by atomic mass is 32.1. The third-order valence-electron chi connectivity index (χ3n) is 9.04. The average Bonchev–Trinajstić information content (AvgIpc) is 3.65. The van der Waals surface area contributed by atoms with Gasteiger partial charge < -0.3 is 0 Å². The molecule has 1 aliphatic carbocycles. The van der Waals surface area contributed by atoms with Gasteiger partial charge in [-0.3, -0.25) is 0 Å². The molecule has 46 heavy (non-hydrogen) atoms. The van der Waals surface area contributed by atoms with E-state index >= 15 is 0 Å². The molecule has 0 N–H and O–H groups in total. The van der Waals surface area contributed by atoms with Gasteiger partial charge in [0.2, 0.25) is 0 Å². The first-order valence-electron chi connectivity index (χ1n) is 17.7. The predicted molar refractivity (Wildman–Crippen MR) is 192 cm³/mol. The highest BCUT2D eigenvalue weighted by Crippen LogP contribution is 2.51. The van der Waals surface area contributed by atoms with Crippen LogP contribution in [0.4, 0.5) is 0 Å². The predicted octanol–water partition coefficient (Wildman–Crippen LogP) is 11.2. The fourth-order valence-electron chi connectivity index (χ4n) is 6.80. The molecule has 6 aromatic carbocycles. The molecule has 0 amide bonds. The van der Waals surface area contributed by atoms with Crippen molar-refractivity contribution in [1.29, 1.82) is 0 Å². The fourth-order valence-corrected chi connectivity index (χ4v) is 8.06. The molecule has 0 aliphatic heterocycles. The Morgan fingerprint density at radius 2 is 1.22 bits per heavy atom. The maximum Gasteiger partial charge on any atom is 0.164 e. The maximum absolute atomic E-state index is 8.63. The molecule has 0 spiro atoms. The molecule has 0 radical (unpaired) electrons. The van der Waals surface area contributed by atoms with Crippen LogP contribution in [0, 0.1) is 0 Å². The van der Waals surface area contributed by atoms with Crippen LogP contribution in [-0.4, -0.2) is 15.0 Å². The largest absolute Gasteiger partial charge is 0.208 e. The molecule has 0 saturated carbocycles. The molecule has 9 rings (SSSR count). The van der Waals surface area contributed by atoms with Crippen LogP contribution in [0.5, 0.6) is 0 Å². The quantitative estimate of drug-likeness (QED) is 0.198. The number of nitrogens with zero attached hydrogens (tertiary/aromatic N) is 3. The van der Waals surface area contributed by atoms with Crippen LogP contribution in [0.25, 0.3) is 76.6 Å². The summed E-state index contributed by atoms with van der Waals surface area (Å²) in [5.74, 6) is 1.73. The molecule has 0 fully saturated rings. The summed E-state index contributed by atoms with van der Waals surface area (Å²) in [5, 5.41) is 1.96. The Hall–Kier alpha value is -5.45. The molecule has 1 aliphatic rings. The highest BCUT2D eigenvalue weighted by molar-refractivity contribution is 7.26. The molecule has 218 valence electrons. The van der Waals surface area contributed by atoms with E-state index in [-0.39, 0.29) is 35.1 Å². The lowest BCUT2D eigenvalue weighted by molar-refractivity contribution is 0.660. The van der Waals surface area contributed by atoms with Crippen LogP contribution in [0.3, 0.4) is 0 Å². The van der Waals surface area contributed by atoms with E-state index in [1.165, 1.54) is 28.0 Å². The maximum atomic E-state index is 8.63. The van der Waals surface area contributed by atoms with Gasteiger partial charge in [0, 0.05) is 42.3 Å². The normalized spacial score (nSPS) is 14.7. The van der Waals surface area contributed by atoms with E-state index in [1.807, 2.05) is 54.6 Å². The number of hydrogen-bond acceptors (Lipinski definition) is 4. The van der Waals surface area contributed by atoms with Crippen LogP contribution in [0.1, 0.15) is 31.8 Å². The zero-order chi connectivity index (χ0) is 35.2. The number of rotatable bonds is 4. The highest BCUT2D eigenvalue weighted by Gasteiger charge is 2.37. The summed E-state index contributed by atoms with van der Waals surface area (Å²) in [6.07, 6.45) is 0. The SMILES string of the molecule is [2H]c1c([2H])c([2H])c(-c2cccc3c2sc2cc(-c4nc(-c5ccccc5)nc(-c5cccc6c5-c5ccccc5C6(C)C)n4)ccc23)c([2H])c1[2H]. The molecule has 0 unspecified atom stereocenters. The lowest BCUT2D eigenvalue weighted by atomic mass is 9.82. The lowest BCUT2D eigenvalue weighted by Crippen LogP contribution is -2.14. The van der Waals surface area contributed by atoms with Gasteiger partial charge in [0.15, 0.2) is 17.5 Å². The topological polar surface area (TPSA) is 38.7 Å². The minimum atomic E-state index is -0.401. The first-order valence-corrected chi connectivity index (χ1v) is 16.0. The Kier molecular flexibility index (Phi) is 4.95. The van der Waals surface area contributed by atoms with Crippen molar-refractivity contribution in [3.8, 4) is 56.4 Å². The standard InChI is InChI=1S/C42H29N3S/c1-42(2)34-21-10-9-17-32(34)37-33(20-12-22-35(37)42)41-44-39(27-15-7-4-8-16-27)43-40(45-41)28-23-24-30-31-19-11-18-29(26-13-5-3-6-14-26)38(31)46-36(30)25-28/h3-25H,1-2H3/i3D,5D,6D,13D,14D. The molecule has 0 atom stereocenters. The van der Waals surface area contributed by atoms with Crippen LogP contribution >= 0.6 is 11.3 Å². The van der Waals surface area contributed by atoms with Gasteiger partial charge >= 0.3 is 0 Å². The Morgan fingerprint density at radius 1 is 0.543 bits per heavy atom. The van der Waals surface area contributed by atoms with Gasteiger partial charge in [-0.2, -0.15) is 0 Å². The molecule has 4 heteroatoms. The summed E-state index contributed by atoms with van der Waals surface area (Å²) in [4.78, 5) is 15.2. The van der Waals surface area contributed by atoms with Crippen molar-refractivity contribution >= 4 is 31.5 Å². The summed E-state index contributed by atoms with van der Waals surface area (Å²) in [5.41, 5.74) is 8.18. The first kappa shape index (κ1) is 22.1. The number of benzene rings is 6. The smallest absolute Gasteiger partial charge is 0.164 e. The van der Waals surface area contributed by atoms with Crippen molar-refractivity contribution in [2.75, 3.05) is 0 Å². The molecular formula is C42H29N3S. The summed E-state index contributed by atoms with van der Waals surface area (Å²) in [7, 11) is 0. The van der Waals surface area contributed by atoms with E-state index in [1.54, 1.807) is 0 Å². The van der Waals surface area contributed by atoms with E-state index in [4.69, 9.17) is 21.8 Å². The van der Waals surface area contributed by atoms with E-state index < -0.39 is 6.04 Å². The monoisotopic (exact) mass is 612 g/mol. The van der Waals surface area contributed by atoms with Crippen molar-refractivity contribution < 1.29 is 6.85 Å². The summed E-state index contributed by atoms with van der Waals surface area (Å²) >= 11 is 1.53. The van der Waals surface area contributed by atoms with Crippen molar-refractivity contribution in [1.82, 2.24) is 15.0 Å². The van der Waals surface area contributed by atoms with Crippen LogP contribution in [0.2, 0.25) is 0 Å². The van der Waals surface area contributed by atoms with Crippen LogP contribution in [-0.2, 0) is 5.41 Å². The number of fused-ring (bicyclic) bond motifs is 6. The summed E-state index contributed by atoms with van der Waals surface area (Å²) in [6.45, 7) is 4.53. The lowest BCUT2D eigenvalue weighted by Gasteiger charge is -2.21. The molecule has 2 heterocycles. The molecular weight excluding hydrogens is 579 g/mol. The second-order valence-electron chi connectivity index (χ2n) is 12.1. The van der Waals surface area contributed by atoms with Gasteiger partial charge in [0.1, 0.15) is 0 Å². The minimum Gasteiger partial charge on any atom is -0.208 e. The minimum absolute atomic E-state index is 0.166.